The van der Waals surface area contributed by atoms with Crippen LogP contribution in [-0.4, -0.2) is 45.5 Å². The van der Waals surface area contributed by atoms with E-state index in [0.717, 1.165) is 5.69 Å². The van der Waals surface area contributed by atoms with Gasteiger partial charge in [0.15, 0.2) is 5.78 Å². The highest BCUT2D eigenvalue weighted by Crippen LogP contribution is 2.26. The van der Waals surface area contributed by atoms with E-state index in [1.54, 1.807) is 23.9 Å². The van der Waals surface area contributed by atoms with Gasteiger partial charge in [0.05, 0.1) is 19.3 Å². The molecular weight excluding hydrogens is 294 g/mol. The molecule has 2 aromatic heterocycles. The number of hydrogen-bond donors (Lipinski definition) is 0. The fourth-order valence-corrected chi connectivity index (χ4v) is 3.03. The van der Waals surface area contributed by atoms with Crippen molar-refractivity contribution in [1.82, 2.24) is 14.0 Å². The van der Waals surface area contributed by atoms with Crippen molar-refractivity contribution in [1.29, 1.82) is 0 Å². The molecule has 1 aliphatic heterocycles. The molecule has 0 unspecified atom stereocenters. The zero-order valence-corrected chi connectivity index (χ0v) is 13.7. The predicted octanol–water partition coefficient (Wildman–Crippen LogP) is 1.78. The number of ketones is 1. The average molecular weight is 315 g/mol. The van der Waals surface area contributed by atoms with Gasteiger partial charge in [-0.1, -0.05) is 0 Å². The van der Waals surface area contributed by atoms with E-state index in [1.807, 2.05) is 34.8 Å². The summed E-state index contributed by atoms with van der Waals surface area (Å²) in [6.07, 6.45) is 3.66. The third kappa shape index (κ3) is 2.82. The molecule has 1 saturated heterocycles. The minimum atomic E-state index is -0.119. The largest absolute Gasteiger partial charge is 0.377 e. The van der Waals surface area contributed by atoms with Gasteiger partial charge in [-0.15, -0.1) is 0 Å². The molecule has 2 aromatic rings. The fraction of sp³-hybridized carbons (Fsp3) is 0.412. The van der Waals surface area contributed by atoms with Gasteiger partial charge in [-0.3, -0.25) is 9.59 Å². The van der Waals surface area contributed by atoms with E-state index in [2.05, 4.69) is 0 Å². The van der Waals surface area contributed by atoms with Crippen molar-refractivity contribution in [2.75, 3.05) is 19.8 Å². The van der Waals surface area contributed by atoms with Crippen molar-refractivity contribution in [2.24, 2.45) is 14.1 Å². The van der Waals surface area contributed by atoms with Crippen molar-refractivity contribution in [3.05, 3.63) is 47.5 Å². The van der Waals surface area contributed by atoms with Gasteiger partial charge >= 0.3 is 0 Å². The van der Waals surface area contributed by atoms with Gasteiger partial charge in [-0.25, -0.2) is 0 Å². The molecule has 1 atom stereocenters. The van der Waals surface area contributed by atoms with Crippen molar-refractivity contribution in [3.63, 3.8) is 0 Å². The van der Waals surface area contributed by atoms with Gasteiger partial charge in [0.2, 0.25) is 0 Å². The lowest BCUT2D eigenvalue weighted by Crippen LogP contribution is -2.44. The molecule has 6 heteroatoms. The van der Waals surface area contributed by atoms with E-state index < -0.39 is 0 Å². The van der Waals surface area contributed by atoms with Gasteiger partial charge < -0.3 is 18.8 Å². The zero-order valence-electron chi connectivity index (χ0n) is 13.7. The number of rotatable bonds is 3. The maximum atomic E-state index is 13.0. The summed E-state index contributed by atoms with van der Waals surface area (Å²) in [6, 6.07) is 5.52. The van der Waals surface area contributed by atoms with Gasteiger partial charge in [-0.2, -0.15) is 0 Å². The first-order valence-corrected chi connectivity index (χ1v) is 7.66. The number of ether oxygens (including phenoxy) is 1. The maximum absolute atomic E-state index is 13.0. The number of Topliss-reactive ketones (excluding diaryl/α,β-unsaturated/α-hetero) is 1. The molecule has 3 heterocycles. The molecular formula is C17H21N3O3. The zero-order chi connectivity index (χ0) is 16.6. The number of aromatic nitrogens is 2. The summed E-state index contributed by atoms with van der Waals surface area (Å²) in [5, 5.41) is 0. The quantitative estimate of drug-likeness (QED) is 0.811. The smallest absolute Gasteiger partial charge is 0.271 e. The van der Waals surface area contributed by atoms with E-state index in [9.17, 15) is 9.59 Å². The Balaban J connectivity index is 1.93. The molecule has 3 rings (SSSR count). The number of hydrogen-bond acceptors (Lipinski definition) is 3. The van der Waals surface area contributed by atoms with Crippen LogP contribution in [0.15, 0.2) is 30.6 Å². The summed E-state index contributed by atoms with van der Waals surface area (Å²) in [5.41, 5.74) is 2.12. The summed E-state index contributed by atoms with van der Waals surface area (Å²) in [6.45, 7) is 3.05. The summed E-state index contributed by atoms with van der Waals surface area (Å²) in [5.74, 6) is -0.116. The summed E-state index contributed by atoms with van der Waals surface area (Å²) in [7, 11) is 3.75. The highest BCUT2D eigenvalue weighted by molar-refractivity contribution is 5.99. The van der Waals surface area contributed by atoms with Gasteiger partial charge in [0, 0.05) is 44.3 Å². The van der Waals surface area contributed by atoms with Crippen LogP contribution in [0.2, 0.25) is 0 Å². The molecule has 1 fully saturated rings. The first-order valence-electron chi connectivity index (χ1n) is 7.66. The summed E-state index contributed by atoms with van der Waals surface area (Å²) >= 11 is 0. The van der Waals surface area contributed by atoms with Crippen LogP contribution in [0.4, 0.5) is 0 Å². The topological polar surface area (TPSA) is 56.5 Å². The minimum absolute atomic E-state index is 0.0411. The number of nitrogens with zero attached hydrogens (tertiary/aromatic N) is 3. The van der Waals surface area contributed by atoms with Crippen molar-refractivity contribution >= 4 is 11.7 Å². The van der Waals surface area contributed by atoms with Crippen LogP contribution in [0.3, 0.4) is 0 Å². The first-order chi connectivity index (χ1) is 11.0. The molecule has 0 spiro atoms. The average Bonchev–Trinajstić information content (AvgIpc) is 3.12. The molecule has 0 N–H and O–H groups in total. The van der Waals surface area contributed by atoms with E-state index in [4.69, 9.17) is 4.74 Å². The Kier molecular flexibility index (Phi) is 4.09. The molecule has 122 valence electrons. The van der Waals surface area contributed by atoms with Crippen molar-refractivity contribution in [2.45, 2.75) is 13.0 Å². The summed E-state index contributed by atoms with van der Waals surface area (Å²) < 4.78 is 9.31. The van der Waals surface area contributed by atoms with Gasteiger partial charge in [0.25, 0.3) is 5.91 Å². The molecule has 0 saturated carbocycles. The van der Waals surface area contributed by atoms with Crippen LogP contribution in [0.1, 0.15) is 39.5 Å². The van der Waals surface area contributed by atoms with E-state index in [-0.39, 0.29) is 17.7 Å². The van der Waals surface area contributed by atoms with Crippen LogP contribution in [-0.2, 0) is 18.8 Å². The van der Waals surface area contributed by atoms with Crippen LogP contribution in [0.25, 0.3) is 0 Å². The Labute approximate surface area is 135 Å². The number of carbonyl (C=O) groups excluding carboxylic acids is 2. The molecule has 23 heavy (non-hydrogen) atoms. The lowest BCUT2D eigenvalue weighted by molar-refractivity contribution is -0.00512. The van der Waals surface area contributed by atoms with E-state index >= 15 is 0 Å². The lowest BCUT2D eigenvalue weighted by atomic mass is 10.1. The highest BCUT2D eigenvalue weighted by atomic mass is 16.5. The molecule has 0 aromatic carbocycles. The third-order valence-electron chi connectivity index (χ3n) is 4.35. The van der Waals surface area contributed by atoms with Gasteiger partial charge in [-0.05, 0) is 25.1 Å². The maximum Gasteiger partial charge on any atom is 0.271 e. The molecule has 0 bridgehead atoms. The second-order valence-corrected chi connectivity index (χ2v) is 5.91. The Morgan fingerprint density at radius 3 is 2.65 bits per heavy atom. The van der Waals surface area contributed by atoms with Crippen LogP contribution in [0, 0.1) is 0 Å². The van der Waals surface area contributed by atoms with Gasteiger partial charge in [0.1, 0.15) is 5.69 Å². The van der Waals surface area contributed by atoms with Crippen LogP contribution in [0.5, 0.6) is 0 Å². The van der Waals surface area contributed by atoms with Crippen LogP contribution >= 0.6 is 0 Å². The number of amides is 1. The fourth-order valence-electron chi connectivity index (χ4n) is 3.03. The Bertz CT molecular complexity index is 744. The predicted molar refractivity (Wildman–Crippen MR) is 85.4 cm³/mol. The molecule has 1 aliphatic rings. The first kappa shape index (κ1) is 15.6. The van der Waals surface area contributed by atoms with Crippen LogP contribution < -0.4 is 0 Å². The molecule has 0 aliphatic carbocycles. The molecule has 0 radical (unpaired) electrons. The lowest BCUT2D eigenvalue weighted by Gasteiger charge is -2.36. The molecule has 6 nitrogen and oxygen atoms in total. The Hall–Kier alpha value is -2.34. The Morgan fingerprint density at radius 1 is 1.26 bits per heavy atom. The SMILES string of the molecule is CC(=O)c1cc(C(=O)N2CCOC[C@H]2c2cccn2C)n(C)c1. The monoisotopic (exact) mass is 315 g/mol. The molecule has 1 amide bonds. The van der Waals surface area contributed by atoms with Crippen molar-refractivity contribution < 1.29 is 14.3 Å². The number of morpholine rings is 1. The Morgan fingerprint density at radius 2 is 2.04 bits per heavy atom. The minimum Gasteiger partial charge on any atom is -0.377 e. The number of aryl methyl sites for hydroxylation is 2. The second-order valence-electron chi connectivity index (χ2n) is 5.91. The van der Waals surface area contributed by atoms with E-state index in [1.165, 1.54) is 6.92 Å². The normalized spacial score (nSPS) is 18.2. The second kappa shape index (κ2) is 6.04. The standard InChI is InChI=1S/C17H21N3O3/c1-12(21)13-9-15(19(3)10-13)17(22)20-7-8-23-11-16(20)14-5-4-6-18(14)2/h4-6,9-10,16H,7-8,11H2,1-3H3/t16-/m0/s1. The summed E-state index contributed by atoms with van der Waals surface area (Å²) in [4.78, 5) is 26.4. The van der Waals surface area contributed by atoms with Crippen molar-refractivity contribution in [3.8, 4) is 0 Å². The highest BCUT2D eigenvalue weighted by Gasteiger charge is 2.32. The van der Waals surface area contributed by atoms with E-state index in [0.29, 0.717) is 31.0 Å². The number of carbonyl (C=O) groups is 2. The third-order valence-corrected chi connectivity index (χ3v) is 4.35.